The molecule has 0 aliphatic heterocycles. The lowest BCUT2D eigenvalue weighted by molar-refractivity contribution is 0.415. The van der Waals surface area contributed by atoms with Crippen molar-refractivity contribution >= 4 is 135 Å². The molecule has 0 atom stereocenters. The standard InChI is InChI=1S/C19H22N4O.C19H22N4.3C18H19ClN4.C16H18N4O/c1-24-15-9-5-6-13(12-15)18-17-16(22-23-18)10-11-20-19(17)21-14-7-3-2-4-8-14;1-13-7-9-14(10-8-13)18-17-16(22-23-18)11-12-20-19(17)21-15-5-3-2-4-6-15;19-13-6-4-5-12(11-13)17-16-15(22-23-17)9-10-20-18(16)21-14-7-2-1-3-8-14;19-14-9-5-4-8-13(14)17-16-15(22-23-17)10-11-20-18(16)21-12-6-2-1-3-7-12;19-13-8-6-12(7-9-13)17-16-15(22-23-17)10-11-20-18(16)21-14-4-2-1-3-5-14;1-2-4-12(5-3-1)18-16-14-13(6-8-17-16)19-20-15(14)11-7-9-21-10-11/h5-6,9-12,14H,2-4,7-8H2,1H3,(H,20,21)(H,22,23);7-12,15H,2-6H2,1H3,(H,20,21)(H,22,23);4-6,9-11,14H,1-3,7-8H2,(H,20,21)(H,22,23);4-5,8-12H,1-3,6-7H2,(H,20,21)(H,22,23);6-11,14H,1-5H2,(H,20,21)(H,22,23);6-10,12H,1-5H2,(H,17,18)(H,19,20). The van der Waals surface area contributed by atoms with Crippen LogP contribution in [0.2, 0.25) is 15.1 Å². The Morgan fingerprint density at radius 2 is 0.584 bits per heavy atom. The highest BCUT2D eigenvalue weighted by atomic mass is 35.5. The van der Waals surface area contributed by atoms with Crippen molar-refractivity contribution in [3.8, 4) is 73.3 Å². The zero-order valence-corrected chi connectivity index (χ0v) is 80.0. The van der Waals surface area contributed by atoms with Crippen LogP contribution in [-0.4, -0.2) is 134 Å². The van der Waals surface area contributed by atoms with Crippen molar-refractivity contribution in [2.45, 2.75) is 236 Å². The number of ether oxygens (including phenoxy) is 1. The topological polar surface area (TPSA) is 344 Å². The van der Waals surface area contributed by atoms with E-state index in [0.29, 0.717) is 46.3 Å². The Balaban J connectivity index is 0.000000105. The Morgan fingerprint density at radius 1 is 0.285 bits per heavy atom. The number of rotatable bonds is 19. The maximum Gasteiger partial charge on any atom is 0.137 e. The molecule has 6 aliphatic carbocycles. The number of nitrogens with zero attached hydrogens (tertiary/aromatic N) is 12. The first-order chi connectivity index (χ1) is 67.5. The Hall–Kier alpha value is -13.4. The van der Waals surface area contributed by atoms with Crippen LogP contribution in [0.15, 0.2) is 218 Å². The molecule has 24 rings (SSSR count). The maximum atomic E-state index is 6.37. The van der Waals surface area contributed by atoms with E-state index >= 15 is 0 Å². The molecule has 29 heteroatoms. The summed E-state index contributed by atoms with van der Waals surface area (Å²) in [6.07, 6.45) is 52.6. The minimum Gasteiger partial charge on any atom is -0.497 e. The average molecular weight is 1890 g/mol. The minimum absolute atomic E-state index is 0.496. The van der Waals surface area contributed by atoms with E-state index in [-0.39, 0.29) is 0 Å². The third-order valence-electron chi connectivity index (χ3n) is 27.3. The van der Waals surface area contributed by atoms with Crippen LogP contribution < -0.4 is 36.6 Å². The van der Waals surface area contributed by atoms with Gasteiger partial charge in [0.1, 0.15) is 74.8 Å². The van der Waals surface area contributed by atoms with Crippen molar-refractivity contribution in [1.29, 1.82) is 0 Å². The highest BCUT2D eigenvalue weighted by Crippen LogP contribution is 2.42. The van der Waals surface area contributed by atoms with Crippen molar-refractivity contribution in [2.24, 2.45) is 0 Å². The van der Waals surface area contributed by atoms with E-state index in [9.17, 15) is 0 Å². The molecule has 0 bridgehead atoms. The predicted octanol–water partition coefficient (Wildman–Crippen LogP) is 28.1. The van der Waals surface area contributed by atoms with Gasteiger partial charge in [0.05, 0.1) is 90.1 Å². The van der Waals surface area contributed by atoms with Gasteiger partial charge in [-0.1, -0.05) is 235 Å². The predicted molar refractivity (Wildman–Crippen MR) is 558 cm³/mol. The van der Waals surface area contributed by atoms with E-state index < -0.39 is 0 Å². The quantitative estimate of drug-likeness (QED) is 0.0358. The number of hydrogen-bond acceptors (Lipinski definition) is 20. The zero-order chi connectivity index (χ0) is 93.0. The van der Waals surface area contributed by atoms with Gasteiger partial charge in [-0.2, -0.15) is 30.6 Å². The first kappa shape index (κ1) is 92.6. The van der Waals surface area contributed by atoms with Gasteiger partial charge in [-0.15, -0.1) is 0 Å². The lowest BCUT2D eigenvalue weighted by atomic mass is 9.95. The van der Waals surface area contributed by atoms with Crippen molar-refractivity contribution in [3.63, 3.8) is 0 Å². The molecule has 18 aromatic rings. The highest BCUT2D eigenvalue weighted by molar-refractivity contribution is 6.34. The SMILES string of the molecule is COc1cccc(-c2n[nH]c3ccnc(NC4CCCCC4)c23)c1.Cc1ccc(-c2n[nH]c3ccnc(NC4CCCCC4)c23)cc1.Clc1ccc(-c2n[nH]c3ccnc(NC4CCCCC4)c23)cc1.Clc1cccc(-c2n[nH]c3ccnc(NC4CCCCC4)c23)c1.Clc1ccccc1-c1n[nH]c2ccnc(NC3CCCCC3)c12.c1cc2[nH]nc(-c3ccoc3)c2c(NC2CCCCC2)n1. The molecule has 704 valence electrons. The number of anilines is 6. The molecular formula is C108H119Cl3N24O2. The first-order valence-corrected chi connectivity index (χ1v) is 50.2. The number of nitrogens with one attached hydrogen (secondary N) is 12. The Kier molecular flexibility index (Phi) is 30.4. The van der Waals surface area contributed by atoms with Gasteiger partial charge >= 0.3 is 0 Å². The summed E-state index contributed by atoms with van der Waals surface area (Å²) in [6.45, 7) is 2.10. The molecular weight excluding hydrogens is 1770 g/mol. The Labute approximate surface area is 812 Å². The van der Waals surface area contributed by atoms with E-state index in [0.717, 1.165) is 179 Å². The highest BCUT2D eigenvalue weighted by Gasteiger charge is 2.27. The normalized spacial score (nSPS) is 15.9. The fourth-order valence-corrected chi connectivity index (χ4v) is 20.7. The molecule has 0 radical (unpaired) electrons. The van der Waals surface area contributed by atoms with Crippen LogP contribution >= 0.6 is 34.8 Å². The number of benzene rings is 5. The van der Waals surface area contributed by atoms with Crippen molar-refractivity contribution in [2.75, 3.05) is 39.0 Å². The van der Waals surface area contributed by atoms with Gasteiger partial charge in [0.15, 0.2) is 0 Å². The second-order valence-electron chi connectivity index (χ2n) is 36.9. The minimum atomic E-state index is 0.496. The molecule has 13 heterocycles. The molecule has 6 saturated carbocycles. The smallest absolute Gasteiger partial charge is 0.137 e. The lowest BCUT2D eigenvalue weighted by Crippen LogP contribution is -2.22. The molecule has 13 aromatic heterocycles. The summed E-state index contributed by atoms with van der Waals surface area (Å²) in [7, 11) is 1.68. The summed E-state index contributed by atoms with van der Waals surface area (Å²) >= 11 is 18.5. The molecule has 26 nitrogen and oxygen atoms in total. The number of methoxy groups -OCH3 is 1. The van der Waals surface area contributed by atoms with E-state index in [1.807, 2.05) is 171 Å². The Morgan fingerprint density at radius 3 is 0.905 bits per heavy atom. The molecule has 0 amide bonds. The van der Waals surface area contributed by atoms with E-state index in [2.05, 4.69) is 160 Å². The maximum absolute atomic E-state index is 6.37. The number of H-pyrrole nitrogens is 6. The van der Waals surface area contributed by atoms with Crippen LogP contribution in [0.3, 0.4) is 0 Å². The number of aromatic amines is 6. The van der Waals surface area contributed by atoms with Gasteiger partial charge in [0, 0.05) is 117 Å². The van der Waals surface area contributed by atoms with Crippen LogP contribution in [0.1, 0.15) is 198 Å². The van der Waals surface area contributed by atoms with E-state index in [1.54, 1.807) is 19.6 Å². The third kappa shape index (κ3) is 22.6. The van der Waals surface area contributed by atoms with Crippen molar-refractivity contribution in [1.82, 2.24) is 91.1 Å². The summed E-state index contributed by atoms with van der Waals surface area (Å²) in [5.74, 6) is 6.37. The molecule has 0 spiro atoms. The fraction of sp³-hybridized carbons (Fsp3) is 0.352. The van der Waals surface area contributed by atoms with Crippen LogP contribution in [0.5, 0.6) is 5.75 Å². The molecule has 0 unspecified atom stereocenters. The largest absolute Gasteiger partial charge is 0.497 e. The Bertz CT molecular complexity index is 6810. The zero-order valence-electron chi connectivity index (χ0n) is 77.7. The number of furan rings is 1. The second kappa shape index (κ2) is 45.0. The first-order valence-electron chi connectivity index (χ1n) is 49.1. The van der Waals surface area contributed by atoms with Gasteiger partial charge in [-0.25, -0.2) is 29.9 Å². The molecule has 0 saturated heterocycles. The number of aromatic nitrogens is 18. The second-order valence-corrected chi connectivity index (χ2v) is 38.2. The molecule has 12 N–H and O–H groups in total. The number of halogens is 3. The fourth-order valence-electron chi connectivity index (χ4n) is 20.1. The van der Waals surface area contributed by atoms with Gasteiger partial charge in [-0.05, 0) is 169 Å². The summed E-state index contributed by atoms with van der Waals surface area (Å²) in [6, 6.07) is 56.6. The van der Waals surface area contributed by atoms with Gasteiger partial charge in [0.25, 0.3) is 0 Å². The molecule has 137 heavy (non-hydrogen) atoms. The summed E-state index contributed by atoms with van der Waals surface area (Å²) in [4.78, 5) is 27.5. The van der Waals surface area contributed by atoms with Crippen molar-refractivity contribution < 1.29 is 9.15 Å². The number of hydrogen-bond donors (Lipinski definition) is 12. The van der Waals surface area contributed by atoms with Gasteiger partial charge < -0.3 is 41.1 Å². The summed E-state index contributed by atoms with van der Waals surface area (Å²) < 4.78 is 10.5. The molecule has 5 aromatic carbocycles. The van der Waals surface area contributed by atoms with Gasteiger partial charge in [-0.3, -0.25) is 30.6 Å². The number of fused-ring (bicyclic) bond motifs is 6. The van der Waals surface area contributed by atoms with Gasteiger partial charge in [0.2, 0.25) is 0 Å². The third-order valence-corrected chi connectivity index (χ3v) is 28.2. The molecule has 6 aliphatic rings. The van der Waals surface area contributed by atoms with E-state index in [1.165, 1.54) is 198 Å². The monoisotopic (exact) mass is 1890 g/mol. The summed E-state index contributed by atoms with van der Waals surface area (Å²) in [5.41, 5.74) is 18.8. The molecule has 6 fully saturated rings. The lowest BCUT2D eigenvalue weighted by Gasteiger charge is -2.23. The van der Waals surface area contributed by atoms with Crippen molar-refractivity contribution in [3.05, 3.63) is 234 Å². The number of aryl methyl sites for hydroxylation is 1. The van der Waals surface area contributed by atoms with Crippen LogP contribution in [0, 0.1) is 6.92 Å². The van der Waals surface area contributed by atoms with Crippen LogP contribution in [0.25, 0.3) is 133 Å². The van der Waals surface area contributed by atoms with E-state index in [4.69, 9.17) is 44.0 Å². The van der Waals surface area contributed by atoms with Crippen LogP contribution in [-0.2, 0) is 0 Å². The van der Waals surface area contributed by atoms with Crippen LogP contribution in [0.4, 0.5) is 34.9 Å². The summed E-state index contributed by atoms with van der Waals surface area (Å²) in [5, 5.41) is 76.0. The average Bonchev–Trinajstić information content (AvgIpc) is 1.66. The number of pyridine rings is 6.